The van der Waals surface area contributed by atoms with Gasteiger partial charge in [-0.3, -0.25) is 4.79 Å². The van der Waals surface area contributed by atoms with E-state index in [2.05, 4.69) is 16.4 Å². The van der Waals surface area contributed by atoms with Gasteiger partial charge in [-0.2, -0.15) is 0 Å². The molecule has 3 heteroatoms. The molecular formula is C16H20N2O. The fourth-order valence-electron chi connectivity index (χ4n) is 2.93. The molecule has 3 rings (SSSR count). The highest BCUT2D eigenvalue weighted by Crippen LogP contribution is 2.19. The van der Waals surface area contributed by atoms with Crippen molar-refractivity contribution in [3.8, 4) is 0 Å². The molecule has 1 aromatic carbocycles. The van der Waals surface area contributed by atoms with Gasteiger partial charge < -0.3 is 10.3 Å². The van der Waals surface area contributed by atoms with Crippen LogP contribution < -0.4 is 5.32 Å². The highest BCUT2D eigenvalue weighted by atomic mass is 16.1. The van der Waals surface area contributed by atoms with Crippen LogP contribution in [0.5, 0.6) is 0 Å². The normalized spacial score (nSPS) is 16.7. The Hall–Kier alpha value is -1.77. The number of aryl methyl sites for hydroxylation is 1. The van der Waals surface area contributed by atoms with Crippen molar-refractivity contribution in [2.24, 2.45) is 0 Å². The Kier molecular flexibility index (Phi) is 3.28. The van der Waals surface area contributed by atoms with Crippen LogP contribution in [0.1, 0.15) is 48.2 Å². The number of aromatic nitrogens is 1. The number of carbonyl (C=O) groups is 1. The summed E-state index contributed by atoms with van der Waals surface area (Å²) in [5.74, 6) is 0.0626. The SMILES string of the molecule is Cc1cc2cc(C(=O)NC3CCCCC3)ccc2[nH]1. The smallest absolute Gasteiger partial charge is 0.251 e. The van der Waals surface area contributed by atoms with Crippen molar-refractivity contribution in [2.45, 2.75) is 45.1 Å². The van der Waals surface area contributed by atoms with Gasteiger partial charge in [-0.05, 0) is 44.0 Å². The van der Waals surface area contributed by atoms with Gasteiger partial charge in [-0.25, -0.2) is 0 Å². The van der Waals surface area contributed by atoms with Crippen molar-refractivity contribution >= 4 is 16.8 Å². The Labute approximate surface area is 113 Å². The van der Waals surface area contributed by atoms with Gasteiger partial charge in [0, 0.05) is 28.2 Å². The van der Waals surface area contributed by atoms with Crippen LogP contribution in [0, 0.1) is 6.92 Å². The topological polar surface area (TPSA) is 44.9 Å². The number of fused-ring (bicyclic) bond motifs is 1. The summed E-state index contributed by atoms with van der Waals surface area (Å²) in [7, 11) is 0. The van der Waals surface area contributed by atoms with Crippen LogP contribution >= 0.6 is 0 Å². The van der Waals surface area contributed by atoms with Gasteiger partial charge in [0.1, 0.15) is 0 Å². The summed E-state index contributed by atoms with van der Waals surface area (Å²) in [6.45, 7) is 2.03. The molecular weight excluding hydrogens is 236 g/mol. The molecule has 19 heavy (non-hydrogen) atoms. The fraction of sp³-hybridized carbons (Fsp3) is 0.438. The van der Waals surface area contributed by atoms with Crippen LogP contribution in [0.3, 0.4) is 0 Å². The monoisotopic (exact) mass is 256 g/mol. The summed E-state index contributed by atoms with van der Waals surface area (Å²) in [6.07, 6.45) is 6.03. The maximum atomic E-state index is 12.2. The standard InChI is InChI=1S/C16H20N2O/c1-11-9-13-10-12(7-8-15(13)17-11)16(19)18-14-5-3-2-4-6-14/h7-10,14,17H,2-6H2,1H3,(H,18,19). The summed E-state index contributed by atoms with van der Waals surface area (Å²) in [5, 5.41) is 4.26. The molecule has 0 radical (unpaired) electrons. The zero-order chi connectivity index (χ0) is 13.2. The van der Waals surface area contributed by atoms with Crippen LogP contribution in [0.2, 0.25) is 0 Å². The number of rotatable bonds is 2. The van der Waals surface area contributed by atoms with E-state index in [4.69, 9.17) is 0 Å². The third-order valence-corrected chi connectivity index (χ3v) is 3.96. The predicted octanol–water partition coefficient (Wildman–Crippen LogP) is 3.54. The van der Waals surface area contributed by atoms with Crippen LogP contribution in [-0.4, -0.2) is 16.9 Å². The highest BCUT2D eigenvalue weighted by molar-refractivity contribution is 5.98. The average Bonchev–Trinajstić information content (AvgIpc) is 2.78. The van der Waals surface area contributed by atoms with Gasteiger partial charge in [0.25, 0.3) is 5.91 Å². The number of hydrogen-bond acceptors (Lipinski definition) is 1. The summed E-state index contributed by atoms with van der Waals surface area (Å²) < 4.78 is 0. The van der Waals surface area contributed by atoms with Crippen molar-refractivity contribution < 1.29 is 4.79 Å². The zero-order valence-electron chi connectivity index (χ0n) is 11.3. The zero-order valence-corrected chi connectivity index (χ0v) is 11.3. The second kappa shape index (κ2) is 5.08. The van der Waals surface area contributed by atoms with E-state index in [9.17, 15) is 4.79 Å². The number of aromatic amines is 1. The third kappa shape index (κ3) is 2.65. The molecule has 2 aromatic rings. The van der Waals surface area contributed by atoms with Crippen molar-refractivity contribution in [1.29, 1.82) is 0 Å². The minimum atomic E-state index is 0.0626. The first kappa shape index (κ1) is 12.3. The van der Waals surface area contributed by atoms with Crippen LogP contribution in [-0.2, 0) is 0 Å². The molecule has 0 atom stereocenters. The molecule has 100 valence electrons. The predicted molar refractivity (Wildman–Crippen MR) is 77.4 cm³/mol. The molecule has 1 heterocycles. The number of hydrogen-bond donors (Lipinski definition) is 2. The van der Waals surface area contributed by atoms with Crippen molar-refractivity contribution in [3.05, 3.63) is 35.5 Å². The van der Waals surface area contributed by atoms with Crippen LogP contribution in [0.4, 0.5) is 0 Å². The van der Waals surface area contributed by atoms with E-state index in [1.807, 2.05) is 25.1 Å². The first-order valence-corrected chi connectivity index (χ1v) is 7.12. The minimum absolute atomic E-state index is 0.0626. The summed E-state index contributed by atoms with van der Waals surface area (Å²) >= 11 is 0. The highest BCUT2D eigenvalue weighted by Gasteiger charge is 2.16. The maximum absolute atomic E-state index is 12.2. The number of nitrogens with one attached hydrogen (secondary N) is 2. The molecule has 1 aliphatic carbocycles. The lowest BCUT2D eigenvalue weighted by Crippen LogP contribution is -2.36. The van der Waals surface area contributed by atoms with E-state index in [1.165, 1.54) is 19.3 Å². The first-order chi connectivity index (χ1) is 9.22. The fourth-order valence-corrected chi connectivity index (χ4v) is 2.93. The van der Waals surface area contributed by atoms with Crippen molar-refractivity contribution in [1.82, 2.24) is 10.3 Å². The second-order valence-electron chi connectivity index (χ2n) is 5.56. The number of benzene rings is 1. The molecule has 0 saturated heterocycles. The molecule has 0 spiro atoms. The van der Waals surface area contributed by atoms with E-state index in [-0.39, 0.29) is 5.91 Å². The lowest BCUT2D eigenvalue weighted by Gasteiger charge is -2.22. The van der Waals surface area contributed by atoms with Gasteiger partial charge in [0.15, 0.2) is 0 Å². The summed E-state index contributed by atoms with van der Waals surface area (Å²) in [5.41, 5.74) is 2.98. The Bertz CT molecular complexity index is 594. The van der Waals surface area contributed by atoms with Crippen LogP contribution in [0.25, 0.3) is 10.9 Å². The average molecular weight is 256 g/mol. The van der Waals surface area contributed by atoms with Crippen molar-refractivity contribution in [3.63, 3.8) is 0 Å². The maximum Gasteiger partial charge on any atom is 0.251 e. The van der Waals surface area contributed by atoms with E-state index in [0.29, 0.717) is 6.04 Å². The molecule has 2 N–H and O–H groups in total. The Morgan fingerprint density at radius 3 is 2.79 bits per heavy atom. The largest absolute Gasteiger partial charge is 0.359 e. The molecule has 0 aliphatic heterocycles. The molecule has 0 bridgehead atoms. The van der Waals surface area contributed by atoms with E-state index < -0.39 is 0 Å². The first-order valence-electron chi connectivity index (χ1n) is 7.12. The van der Waals surface area contributed by atoms with Crippen LogP contribution in [0.15, 0.2) is 24.3 Å². The summed E-state index contributed by atoms with van der Waals surface area (Å²) in [4.78, 5) is 15.5. The minimum Gasteiger partial charge on any atom is -0.359 e. The molecule has 3 nitrogen and oxygen atoms in total. The molecule has 1 aromatic heterocycles. The Morgan fingerprint density at radius 1 is 1.21 bits per heavy atom. The lowest BCUT2D eigenvalue weighted by atomic mass is 9.95. The second-order valence-corrected chi connectivity index (χ2v) is 5.56. The Morgan fingerprint density at radius 2 is 2.00 bits per heavy atom. The van der Waals surface area contributed by atoms with Gasteiger partial charge in [0.05, 0.1) is 0 Å². The van der Waals surface area contributed by atoms with E-state index in [1.54, 1.807) is 0 Å². The molecule has 0 unspecified atom stereocenters. The van der Waals surface area contributed by atoms with Crippen molar-refractivity contribution in [2.75, 3.05) is 0 Å². The van der Waals surface area contributed by atoms with E-state index in [0.717, 1.165) is 35.0 Å². The number of H-pyrrole nitrogens is 1. The van der Waals surface area contributed by atoms with Gasteiger partial charge in [0.2, 0.25) is 0 Å². The quantitative estimate of drug-likeness (QED) is 0.848. The Balaban J connectivity index is 1.76. The number of amides is 1. The molecule has 1 saturated carbocycles. The third-order valence-electron chi connectivity index (χ3n) is 3.96. The summed E-state index contributed by atoms with van der Waals surface area (Å²) in [6, 6.07) is 8.29. The van der Waals surface area contributed by atoms with Gasteiger partial charge in [-0.15, -0.1) is 0 Å². The van der Waals surface area contributed by atoms with Gasteiger partial charge >= 0.3 is 0 Å². The molecule has 1 amide bonds. The van der Waals surface area contributed by atoms with Gasteiger partial charge in [-0.1, -0.05) is 19.3 Å². The van der Waals surface area contributed by atoms with E-state index >= 15 is 0 Å². The lowest BCUT2D eigenvalue weighted by molar-refractivity contribution is 0.0928. The molecule has 1 aliphatic rings. The number of carbonyl (C=O) groups excluding carboxylic acids is 1. The molecule has 1 fully saturated rings.